The maximum atomic E-state index is 10.0. The largest absolute Gasteiger partial charge is 0.395 e. The van der Waals surface area contributed by atoms with Crippen molar-refractivity contribution in [1.29, 1.82) is 0 Å². The van der Waals surface area contributed by atoms with Gasteiger partial charge in [-0.05, 0) is 68.1 Å². The highest BCUT2D eigenvalue weighted by Crippen LogP contribution is 2.59. The Morgan fingerprint density at radius 2 is 1.73 bits per heavy atom. The maximum absolute atomic E-state index is 10.0. The molecule has 0 radical (unpaired) electrons. The van der Waals surface area contributed by atoms with Crippen LogP contribution in [0.1, 0.15) is 51.9 Å². The van der Waals surface area contributed by atoms with E-state index in [0.29, 0.717) is 18.6 Å². The minimum Gasteiger partial charge on any atom is -0.395 e. The van der Waals surface area contributed by atoms with Gasteiger partial charge in [0.05, 0.1) is 25.9 Å². The fourth-order valence-corrected chi connectivity index (χ4v) is 5.58. The van der Waals surface area contributed by atoms with Gasteiger partial charge in [0.25, 0.3) is 0 Å². The van der Waals surface area contributed by atoms with Crippen molar-refractivity contribution in [2.45, 2.75) is 64.0 Å². The molecule has 4 bridgehead atoms. The quantitative estimate of drug-likeness (QED) is 0.609. The molecular weight excluding hydrogens is 278 g/mol. The van der Waals surface area contributed by atoms with Crippen molar-refractivity contribution >= 4 is 0 Å². The summed E-state index contributed by atoms with van der Waals surface area (Å²) < 4.78 is 5.93. The second kappa shape index (κ2) is 7.16. The molecule has 4 fully saturated rings. The molecular formula is C18H33NO3. The molecule has 0 saturated heterocycles. The Balaban J connectivity index is 1.38. The van der Waals surface area contributed by atoms with E-state index in [4.69, 9.17) is 9.84 Å². The zero-order valence-electron chi connectivity index (χ0n) is 14.0. The first-order valence-corrected chi connectivity index (χ1v) is 9.22. The van der Waals surface area contributed by atoms with Crippen LogP contribution in [0, 0.1) is 23.2 Å². The highest BCUT2D eigenvalue weighted by molar-refractivity contribution is 5.01. The molecule has 0 aromatic heterocycles. The summed E-state index contributed by atoms with van der Waals surface area (Å²) in [6.07, 6.45) is 8.86. The van der Waals surface area contributed by atoms with Gasteiger partial charge in [-0.1, -0.05) is 6.92 Å². The Bertz CT molecular complexity index is 321. The molecule has 0 aliphatic heterocycles. The summed E-state index contributed by atoms with van der Waals surface area (Å²) in [6.45, 7) is 3.91. The molecule has 0 spiro atoms. The summed E-state index contributed by atoms with van der Waals surface area (Å²) in [5, 5.41) is 22.4. The van der Waals surface area contributed by atoms with Gasteiger partial charge in [0.15, 0.2) is 0 Å². The molecule has 4 aliphatic carbocycles. The predicted molar refractivity (Wildman–Crippen MR) is 86.6 cm³/mol. The second-order valence-corrected chi connectivity index (χ2v) is 8.28. The molecule has 4 heteroatoms. The average Bonchev–Trinajstić information content (AvgIpc) is 2.46. The number of rotatable bonds is 9. The highest BCUT2D eigenvalue weighted by Gasteiger charge is 2.50. The minimum atomic E-state index is -0.477. The minimum absolute atomic E-state index is 0.0813. The molecule has 4 aliphatic rings. The standard InChI is InChI=1S/C18H33NO3/c1-2-16(10-20)19-9-17(21)11-22-12-18-6-13-3-14(7-18)5-15(4-13)8-18/h13-17,19-21H,2-12H2,1H3/t13?,14?,15?,16-,17+,18?/m1/s1. The van der Waals surface area contributed by atoms with Gasteiger partial charge in [-0.25, -0.2) is 0 Å². The molecule has 0 aromatic rings. The molecule has 4 saturated carbocycles. The summed E-state index contributed by atoms with van der Waals surface area (Å²) >= 11 is 0. The van der Waals surface area contributed by atoms with Gasteiger partial charge >= 0.3 is 0 Å². The molecule has 0 aromatic carbocycles. The van der Waals surface area contributed by atoms with E-state index >= 15 is 0 Å². The van der Waals surface area contributed by atoms with Crippen molar-refractivity contribution in [2.24, 2.45) is 23.2 Å². The van der Waals surface area contributed by atoms with Crippen LogP contribution < -0.4 is 5.32 Å². The van der Waals surface area contributed by atoms with Crippen LogP contribution in [0.15, 0.2) is 0 Å². The van der Waals surface area contributed by atoms with Crippen molar-refractivity contribution in [3.63, 3.8) is 0 Å². The Morgan fingerprint density at radius 3 is 2.23 bits per heavy atom. The molecule has 22 heavy (non-hydrogen) atoms. The second-order valence-electron chi connectivity index (χ2n) is 8.28. The maximum Gasteiger partial charge on any atom is 0.0897 e. The van der Waals surface area contributed by atoms with Gasteiger partial charge in [-0.3, -0.25) is 0 Å². The number of aliphatic hydroxyl groups excluding tert-OH is 2. The van der Waals surface area contributed by atoms with Crippen molar-refractivity contribution < 1.29 is 14.9 Å². The molecule has 0 unspecified atom stereocenters. The van der Waals surface area contributed by atoms with Crippen molar-refractivity contribution in [3.8, 4) is 0 Å². The summed E-state index contributed by atoms with van der Waals surface area (Å²) in [5.74, 6) is 2.86. The number of aliphatic hydroxyl groups is 2. The van der Waals surface area contributed by atoms with Crippen LogP contribution in [0.2, 0.25) is 0 Å². The van der Waals surface area contributed by atoms with Crippen LogP contribution >= 0.6 is 0 Å². The van der Waals surface area contributed by atoms with E-state index in [-0.39, 0.29) is 12.6 Å². The lowest BCUT2D eigenvalue weighted by Gasteiger charge is -2.56. The SMILES string of the molecule is CC[C@H](CO)NC[C@H](O)COCC12CC3CC(CC(C3)C1)C2. The summed E-state index contributed by atoms with van der Waals surface area (Å²) in [4.78, 5) is 0. The Morgan fingerprint density at radius 1 is 1.14 bits per heavy atom. The van der Waals surface area contributed by atoms with Gasteiger partial charge in [-0.2, -0.15) is 0 Å². The lowest BCUT2D eigenvalue weighted by Crippen LogP contribution is -2.48. The fraction of sp³-hybridized carbons (Fsp3) is 1.00. The number of hydrogen-bond donors (Lipinski definition) is 3. The third kappa shape index (κ3) is 3.84. The van der Waals surface area contributed by atoms with E-state index in [0.717, 1.165) is 30.8 Å². The predicted octanol–water partition coefficient (Wildman–Crippen LogP) is 1.94. The van der Waals surface area contributed by atoms with E-state index in [1.807, 2.05) is 6.92 Å². The van der Waals surface area contributed by atoms with Crippen LogP contribution in [0.4, 0.5) is 0 Å². The molecule has 2 atom stereocenters. The first kappa shape index (κ1) is 16.7. The van der Waals surface area contributed by atoms with Crippen molar-refractivity contribution in [3.05, 3.63) is 0 Å². The van der Waals surface area contributed by atoms with Crippen LogP contribution in [0.5, 0.6) is 0 Å². The zero-order chi connectivity index (χ0) is 15.6. The molecule has 0 heterocycles. The van der Waals surface area contributed by atoms with Crippen molar-refractivity contribution in [1.82, 2.24) is 5.32 Å². The van der Waals surface area contributed by atoms with E-state index in [9.17, 15) is 5.11 Å². The number of nitrogens with one attached hydrogen (secondary N) is 1. The smallest absolute Gasteiger partial charge is 0.0897 e. The van der Waals surface area contributed by atoms with Gasteiger partial charge in [0.1, 0.15) is 0 Å². The summed E-state index contributed by atoms with van der Waals surface area (Å²) in [5.41, 5.74) is 0.430. The third-order valence-electron chi connectivity index (χ3n) is 6.24. The molecule has 0 amide bonds. The van der Waals surface area contributed by atoms with Gasteiger partial charge in [0, 0.05) is 12.6 Å². The topological polar surface area (TPSA) is 61.7 Å². The first-order valence-electron chi connectivity index (χ1n) is 9.22. The lowest BCUT2D eigenvalue weighted by atomic mass is 9.50. The highest BCUT2D eigenvalue weighted by atomic mass is 16.5. The summed E-state index contributed by atoms with van der Waals surface area (Å²) in [7, 11) is 0. The Hall–Kier alpha value is -0.160. The van der Waals surface area contributed by atoms with Gasteiger partial charge in [0.2, 0.25) is 0 Å². The van der Waals surface area contributed by atoms with Crippen LogP contribution in [0.25, 0.3) is 0 Å². The van der Waals surface area contributed by atoms with Crippen LogP contribution in [0.3, 0.4) is 0 Å². The molecule has 4 rings (SSSR count). The number of ether oxygens (including phenoxy) is 1. The van der Waals surface area contributed by atoms with E-state index < -0.39 is 6.10 Å². The van der Waals surface area contributed by atoms with Gasteiger partial charge in [-0.15, -0.1) is 0 Å². The van der Waals surface area contributed by atoms with E-state index in [1.165, 1.54) is 38.5 Å². The fourth-order valence-electron chi connectivity index (χ4n) is 5.58. The van der Waals surface area contributed by atoms with E-state index in [2.05, 4.69) is 5.32 Å². The normalized spacial score (nSPS) is 39.1. The zero-order valence-corrected chi connectivity index (χ0v) is 14.0. The van der Waals surface area contributed by atoms with Crippen LogP contribution in [-0.4, -0.2) is 48.7 Å². The summed E-state index contributed by atoms with van der Waals surface area (Å²) in [6, 6.07) is 0.0813. The number of hydrogen-bond acceptors (Lipinski definition) is 4. The Labute approximate surface area is 134 Å². The average molecular weight is 311 g/mol. The first-order chi connectivity index (χ1) is 10.6. The molecule has 128 valence electrons. The lowest BCUT2D eigenvalue weighted by molar-refractivity contribution is -0.105. The molecule has 3 N–H and O–H groups in total. The third-order valence-corrected chi connectivity index (χ3v) is 6.24. The van der Waals surface area contributed by atoms with Crippen molar-refractivity contribution in [2.75, 3.05) is 26.4 Å². The van der Waals surface area contributed by atoms with E-state index in [1.54, 1.807) is 0 Å². The van der Waals surface area contributed by atoms with Crippen LogP contribution in [-0.2, 0) is 4.74 Å². The van der Waals surface area contributed by atoms with Gasteiger partial charge < -0.3 is 20.3 Å². The monoisotopic (exact) mass is 311 g/mol. The molecule has 4 nitrogen and oxygen atoms in total. The Kier molecular flexibility index (Phi) is 5.43.